The lowest BCUT2D eigenvalue weighted by molar-refractivity contribution is -0.151. The molecule has 0 aromatic heterocycles. The number of fused-ring (bicyclic) bond motifs is 1. The highest BCUT2D eigenvalue weighted by molar-refractivity contribution is 7.99. The number of hydrogen-bond acceptors (Lipinski definition) is 6. The van der Waals surface area contributed by atoms with Gasteiger partial charge in [0.1, 0.15) is 6.04 Å². The van der Waals surface area contributed by atoms with Crippen molar-refractivity contribution in [1.82, 2.24) is 4.31 Å². The molecule has 1 aliphatic heterocycles. The number of esters is 1. The monoisotopic (exact) mass is 484 g/mol. The zero-order valence-electron chi connectivity index (χ0n) is 17.2. The first-order chi connectivity index (χ1) is 15.2. The minimum Gasteiger partial charge on any atom is -0.454 e. The first-order valence-corrected chi connectivity index (χ1v) is 12.3. The van der Waals surface area contributed by atoms with Crippen molar-refractivity contribution in [3.05, 3.63) is 59.7 Å². The Balaban J connectivity index is 1.63. The van der Waals surface area contributed by atoms with Crippen LogP contribution in [0, 0.1) is 0 Å². The molecule has 1 amide bonds. The summed E-state index contributed by atoms with van der Waals surface area (Å²) in [6.07, 6.45) is 0.152. The quantitative estimate of drug-likeness (QED) is 0.457. The molecule has 1 N–H and O–H groups in total. The van der Waals surface area contributed by atoms with Crippen molar-refractivity contribution in [2.45, 2.75) is 36.6 Å². The fraction of sp³-hybridized carbons (Fsp3) is 0.333. The first-order valence-electron chi connectivity index (χ1n) is 9.77. The van der Waals surface area contributed by atoms with Crippen molar-refractivity contribution >= 4 is 39.3 Å². The van der Waals surface area contributed by atoms with E-state index in [1.54, 1.807) is 6.07 Å². The molecule has 11 heteroatoms. The van der Waals surface area contributed by atoms with Crippen molar-refractivity contribution in [3.8, 4) is 0 Å². The highest BCUT2D eigenvalue weighted by Gasteiger charge is 2.39. The normalized spacial score (nSPS) is 16.4. The minimum atomic E-state index is -3.68. The molecule has 0 aliphatic carbocycles. The van der Waals surface area contributed by atoms with Gasteiger partial charge >= 0.3 is 5.97 Å². The molecule has 32 heavy (non-hydrogen) atoms. The third-order valence-corrected chi connectivity index (χ3v) is 7.46. The molecule has 2 aromatic rings. The average Bonchev–Trinajstić information content (AvgIpc) is 2.77. The number of amides is 1. The summed E-state index contributed by atoms with van der Waals surface area (Å²) in [6.45, 7) is 0.947. The van der Waals surface area contributed by atoms with Crippen LogP contribution >= 0.6 is 11.8 Å². The maximum Gasteiger partial charge on any atom is 0.325 e. The van der Waals surface area contributed by atoms with E-state index in [-0.39, 0.29) is 18.7 Å². The number of carbonyl (C=O) groups is 2. The first kappa shape index (κ1) is 24.1. The Hall–Kier alpha value is -2.50. The predicted molar refractivity (Wildman–Crippen MR) is 117 cm³/mol. The third-order valence-electron chi connectivity index (χ3n) is 4.91. The molecule has 0 radical (unpaired) electrons. The maximum atomic E-state index is 12.7. The summed E-state index contributed by atoms with van der Waals surface area (Å²) in [5, 5.41) is 2.50. The number of anilines is 1. The molecule has 2 aromatic carbocycles. The number of alkyl halides is 2. The fourth-order valence-corrected chi connectivity index (χ4v) is 5.02. The largest absolute Gasteiger partial charge is 0.454 e. The van der Waals surface area contributed by atoms with Gasteiger partial charge in [0.2, 0.25) is 10.0 Å². The van der Waals surface area contributed by atoms with Crippen LogP contribution in [-0.4, -0.2) is 48.8 Å². The average molecular weight is 485 g/mol. The van der Waals surface area contributed by atoms with E-state index in [0.717, 1.165) is 15.4 Å². The van der Waals surface area contributed by atoms with Gasteiger partial charge in [-0.2, -0.15) is 13.1 Å². The zero-order chi connectivity index (χ0) is 23.3. The topological polar surface area (TPSA) is 92.8 Å². The summed E-state index contributed by atoms with van der Waals surface area (Å²) in [4.78, 5) is 25.2. The van der Waals surface area contributed by atoms with Crippen LogP contribution in [0.5, 0.6) is 0 Å². The summed E-state index contributed by atoms with van der Waals surface area (Å²) in [5.74, 6) is -4.15. The maximum absolute atomic E-state index is 12.7. The number of thioether (sulfide) groups is 1. The number of hydrogen-bond donors (Lipinski definition) is 1. The van der Waals surface area contributed by atoms with Gasteiger partial charge in [0.15, 0.2) is 6.61 Å². The highest BCUT2D eigenvalue weighted by atomic mass is 32.2. The van der Waals surface area contributed by atoms with Crippen LogP contribution in [0.4, 0.5) is 14.5 Å². The van der Waals surface area contributed by atoms with E-state index in [1.807, 2.05) is 18.2 Å². The second-order valence-electron chi connectivity index (χ2n) is 6.99. The lowest BCUT2D eigenvalue weighted by atomic mass is 9.96. The summed E-state index contributed by atoms with van der Waals surface area (Å²) >= 11 is 0.386. The van der Waals surface area contributed by atoms with Gasteiger partial charge in [0.25, 0.3) is 11.7 Å². The molecule has 0 spiro atoms. The summed E-state index contributed by atoms with van der Waals surface area (Å²) in [6, 6.07) is 12.0. The summed E-state index contributed by atoms with van der Waals surface area (Å²) < 4.78 is 56.1. The van der Waals surface area contributed by atoms with Gasteiger partial charge in [-0.1, -0.05) is 36.0 Å². The number of benzene rings is 2. The van der Waals surface area contributed by atoms with Gasteiger partial charge < -0.3 is 10.1 Å². The number of nitrogens with zero attached hydrogens (tertiary/aromatic N) is 1. The number of rotatable bonds is 8. The third kappa shape index (κ3) is 6.05. The summed E-state index contributed by atoms with van der Waals surface area (Å²) in [5.41, 5.74) is 2.02. The van der Waals surface area contributed by atoms with Gasteiger partial charge in [-0.15, -0.1) is 0 Å². The Morgan fingerprint density at radius 1 is 1.16 bits per heavy atom. The van der Waals surface area contributed by atoms with Crippen LogP contribution in [0.25, 0.3) is 0 Å². The van der Waals surface area contributed by atoms with Gasteiger partial charge in [-0.3, -0.25) is 9.59 Å². The minimum absolute atomic E-state index is 0.0568. The van der Waals surface area contributed by atoms with Crippen molar-refractivity contribution in [2.24, 2.45) is 0 Å². The lowest BCUT2D eigenvalue weighted by Gasteiger charge is -2.34. The van der Waals surface area contributed by atoms with Crippen LogP contribution in [-0.2, 0) is 37.3 Å². The standard InChI is InChI=1S/C21H22F2N2O5S2/c1-2-32(28,29)25-12-15-6-4-3-5-14(15)11-18(25)20(27)30-13-19(26)24-16-7-9-17(10-8-16)31-21(22)23/h3-10,18,21H,2,11-13H2,1H3,(H,24,26)/t18-/m1/s1. The van der Waals surface area contributed by atoms with Crippen molar-refractivity contribution in [3.63, 3.8) is 0 Å². The van der Waals surface area contributed by atoms with Crippen LogP contribution in [0.1, 0.15) is 18.1 Å². The van der Waals surface area contributed by atoms with E-state index in [0.29, 0.717) is 22.3 Å². The SMILES string of the molecule is CCS(=O)(=O)N1Cc2ccccc2C[C@@H]1C(=O)OCC(=O)Nc1ccc(SC(F)F)cc1. The number of sulfonamides is 1. The molecule has 172 valence electrons. The molecule has 0 fully saturated rings. The molecule has 0 saturated heterocycles. The molecule has 7 nitrogen and oxygen atoms in total. The fourth-order valence-electron chi connectivity index (χ4n) is 3.31. The van der Waals surface area contributed by atoms with E-state index in [4.69, 9.17) is 4.74 Å². The van der Waals surface area contributed by atoms with Crippen LogP contribution in [0.2, 0.25) is 0 Å². The molecule has 0 saturated carbocycles. The van der Waals surface area contributed by atoms with E-state index >= 15 is 0 Å². The molecule has 3 rings (SSSR count). The zero-order valence-corrected chi connectivity index (χ0v) is 18.8. The molecule has 0 unspecified atom stereocenters. The second kappa shape index (κ2) is 10.4. The Bertz CT molecular complexity index is 1080. The van der Waals surface area contributed by atoms with Gasteiger partial charge in [-0.25, -0.2) is 8.42 Å². The van der Waals surface area contributed by atoms with Gasteiger partial charge in [0, 0.05) is 23.5 Å². The highest BCUT2D eigenvalue weighted by Crippen LogP contribution is 2.27. The molecular formula is C21H22F2N2O5S2. The Kier molecular flexibility index (Phi) is 7.86. The Morgan fingerprint density at radius 2 is 1.81 bits per heavy atom. The lowest BCUT2D eigenvalue weighted by Crippen LogP contribution is -2.50. The van der Waals surface area contributed by atoms with Crippen LogP contribution in [0.3, 0.4) is 0 Å². The Labute approximate surface area is 189 Å². The van der Waals surface area contributed by atoms with Gasteiger partial charge in [0.05, 0.1) is 5.75 Å². The number of carbonyl (C=O) groups excluding carboxylic acids is 2. The van der Waals surface area contributed by atoms with Crippen molar-refractivity contribution < 1.29 is 31.5 Å². The number of halogens is 2. The number of nitrogens with one attached hydrogen (secondary N) is 1. The van der Waals surface area contributed by atoms with Crippen molar-refractivity contribution in [1.29, 1.82) is 0 Å². The Morgan fingerprint density at radius 3 is 2.44 bits per heavy atom. The van der Waals surface area contributed by atoms with E-state index in [9.17, 15) is 26.8 Å². The molecular weight excluding hydrogens is 462 g/mol. The van der Waals surface area contributed by atoms with Gasteiger partial charge in [-0.05, 0) is 42.3 Å². The molecule has 1 aliphatic rings. The molecule has 1 heterocycles. The number of ether oxygens (including phenoxy) is 1. The predicted octanol–water partition coefficient (Wildman–Crippen LogP) is 3.26. The van der Waals surface area contributed by atoms with Crippen LogP contribution < -0.4 is 5.32 Å². The van der Waals surface area contributed by atoms with E-state index in [2.05, 4.69) is 5.32 Å². The molecule has 1 atom stereocenters. The summed E-state index contributed by atoms with van der Waals surface area (Å²) in [7, 11) is -3.68. The second-order valence-corrected chi connectivity index (χ2v) is 10.3. The smallest absolute Gasteiger partial charge is 0.325 e. The van der Waals surface area contributed by atoms with E-state index < -0.39 is 40.3 Å². The van der Waals surface area contributed by atoms with Crippen LogP contribution in [0.15, 0.2) is 53.4 Å². The van der Waals surface area contributed by atoms with Crippen molar-refractivity contribution in [2.75, 3.05) is 17.7 Å². The molecule has 0 bridgehead atoms. The van der Waals surface area contributed by atoms with E-state index in [1.165, 1.54) is 31.2 Å².